The van der Waals surface area contributed by atoms with Crippen LogP contribution in [0, 0.1) is 33.0 Å². The van der Waals surface area contributed by atoms with E-state index >= 15 is 0 Å². The molecule has 0 radical (unpaired) electrons. The molecule has 0 bridgehead atoms. The summed E-state index contributed by atoms with van der Waals surface area (Å²) in [6, 6.07) is 4.43. The van der Waals surface area contributed by atoms with Crippen LogP contribution in [0.3, 0.4) is 0 Å². The van der Waals surface area contributed by atoms with Gasteiger partial charge in [0.05, 0.1) is 11.0 Å². The van der Waals surface area contributed by atoms with Crippen LogP contribution in [-0.2, 0) is 30.0 Å². The Morgan fingerprint density at radius 2 is 1.58 bits per heavy atom. The van der Waals surface area contributed by atoms with Gasteiger partial charge in [-0.3, -0.25) is 9.59 Å². The van der Waals surface area contributed by atoms with Gasteiger partial charge < -0.3 is 14.6 Å². The highest BCUT2D eigenvalue weighted by Gasteiger charge is 2.67. The Balaban J connectivity index is 1.12. The van der Waals surface area contributed by atoms with E-state index in [0.717, 1.165) is 61.5 Å². The van der Waals surface area contributed by atoms with E-state index < -0.39 is 23.1 Å². The van der Waals surface area contributed by atoms with E-state index in [1.807, 2.05) is 13.8 Å². The fraction of sp³-hybridized carbons (Fsp3) is 0.537. The van der Waals surface area contributed by atoms with Gasteiger partial charge in [0.2, 0.25) is 5.78 Å². The highest BCUT2D eigenvalue weighted by atomic mass is 19.4. The standard InChI is InChI=1S/C41H47F3O6/c1-25-28-12-13-31-38(4,29(28)23-30(45)34(25)47)18-20-40(6)32-24-37(3,16-15-36(32,2)17-19-39(31,40)5)35(48)50-22-21-49-33(46)14-9-26-7-10-27(11-8-26)41(42,43)44/h7-14,23,32,47H,15-22,24H2,1-6H3/b14-9+/t32-,36-,37-,38+,39-,40+/m1/s1. The van der Waals surface area contributed by atoms with Gasteiger partial charge in [-0.1, -0.05) is 57.6 Å². The smallest absolute Gasteiger partial charge is 0.416 e. The third-order valence-electron chi connectivity index (χ3n) is 13.6. The average Bonchev–Trinajstić information content (AvgIpc) is 3.06. The number of hydrogen-bond donors (Lipinski definition) is 1. The number of ketones is 1. The van der Waals surface area contributed by atoms with Crippen molar-refractivity contribution in [2.45, 2.75) is 92.7 Å². The van der Waals surface area contributed by atoms with Crippen molar-refractivity contribution in [2.75, 3.05) is 13.2 Å². The summed E-state index contributed by atoms with van der Waals surface area (Å²) in [6.07, 6.45) is 10.2. The minimum atomic E-state index is -4.43. The Morgan fingerprint density at radius 3 is 2.26 bits per heavy atom. The van der Waals surface area contributed by atoms with Crippen LogP contribution in [-0.4, -0.2) is 36.0 Å². The second-order valence-corrected chi connectivity index (χ2v) is 16.4. The summed E-state index contributed by atoms with van der Waals surface area (Å²) in [5.74, 6) is -1.25. The van der Waals surface area contributed by atoms with Crippen molar-refractivity contribution in [3.63, 3.8) is 0 Å². The van der Waals surface area contributed by atoms with E-state index in [1.54, 1.807) is 6.08 Å². The lowest BCUT2D eigenvalue weighted by Gasteiger charge is -2.70. The lowest BCUT2D eigenvalue weighted by atomic mass is 9.34. The maximum absolute atomic E-state index is 13.7. The summed E-state index contributed by atoms with van der Waals surface area (Å²) >= 11 is 0. The molecule has 6 atom stereocenters. The average molecular weight is 693 g/mol. The molecule has 5 aliphatic rings. The van der Waals surface area contributed by atoms with Gasteiger partial charge in [-0.2, -0.15) is 13.2 Å². The van der Waals surface area contributed by atoms with Gasteiger partial charge in [0.25, 0.3) is 0 Å². The molecule has 6 nitrogen and oxygen atoms in total. The molecule has 0 spiro atoms. The van der Waals surface area contributed by atoms with Gasteiger partial charge in [-0.05, 0) is 122 Å². The maximum atomic E-state index is 13.7. The number of fused-ring (bicyclic) bond motifs is 7. The van der Waals surface area contributed by atoms with Crippen LogP contribution < -0.4 is 0 Å². The molecule has 50 heavy (non-hydrogen) atoms. The van der Waals surface area contributed by atoms with E-state index in [2.05, 4.69) is 39.8 Å². The first-order chi connectivity index (χ1) is 23.3. The number of rotatable bonds is 6. The molecule has 3 saturated carbocycles. The van der Waals surface area contributed by atoms with E-state index in [-0.39, 0.29) is 58.3 Å². The Kier molecular flexibility index (Phi) is 8.71. The van der Waals surface area contributed by atoms with Crippen LogP contribution in [0.2, 0.25) is 0 Å². The number of aliphatic hydroxyl groups is 1. The van der Waals surface area contributed by atoms with Crippen molar-refractivity contribution in [1.82, 2.24) is 0 Å². The van der Waals surface area contributed by atoms with E-state index in [0.29, 0.717) is 24.0 Å². The molecule has 1 aromatic carbocycles. The third-order valence-corrected chi connectivity index (χ3v) is 13.6. The monoisotopic (exact) mass is 692 g/mol. The number of ether oxygens (including phenoxy) is 2. The van der Waals surface area contributed by atoms with Gasteiger partial charge in [0.15, 0.2) is 5.76 Å². The second-order valence-electron chi connectivity index (χ2n) is 16.4. The molecule has 0 unspecified atom stereocenters. The lowest BCUT2D eigenvalue weighted by Crippen LogP contribution is -2.62. The molecule has 0 heterocycles. The highest BCUT2D eigenvalue weighted by Crippen LogP contribution is 2.75. The Hall–Kier alpha value is -3.88. The Bertz CT molecular complexity index is 1780. The minimum absolute atomic E-state index is 0.0676. The first-order valence-electron chi connectivity index (χ1n) is 17.6. The van der Waals surface area contributed by atoms with E-state index in [1.165, 1.54) is 23.8 Å². The van der Waals surface area contributed by atoms with Gasteiger partial charge in [0.1, 0.15) is 13.2 Å². The SMILES string of the molecule is CC1=C(O)C(=O)C=C2C1=CC=C1[C@@]2(C)CC[C@@]2(C)[C@@H]3C[C@](C)(C(=O)OCCOC(=O)/C=C/c4ccc(C(F)(F)F)cc4)CC[C@]3(C)CC[C@]12C. The number of carbonyl (C=O) groups is 3. The van der Waals surface area contributed by atoms with E-state index in [9.17, 15) is 32.7 Å². The van der Waals surface area contributed by atoms with Crippen LogP contribution in [0.25, 0.3) is 6.08 Å². The predicted molar refractivity (Wildman–Crippen MR) is 183 cm³/mol. The summed E-state index contributed by atoms with van der Waals surface area (Å²) in [6.45, 7) is 13.0. The maximum Gasteiger partial charge on any atom is 0.416 e. The minimum Gasteiger partial charge on any atom is -0.504 e. The number of hydrogen-bond acceptors (Lipinski definition) is 6. The van der Waals surface area contributed by atoms with Crippen LogP contribution in [0.15, 0.2) is 76.6 Å². The first kappa shape index (κ1) is 35.9. The number of benzene rings is 1. The second kappa shape index (κ2) is 12.1. The molecule has 0 aliphatic heterocycles. The summed E-state index contributed by atoms with van der Waals surface area (Å²) in [5, 5.41) is 10.4. The largest absolute Gasteiger partial charge is 0.504 e. The van der Waals surface area contributed by atoms with Crippen molar-refractivity contribution < 1.29 is 42.1 Å². The van der Waals surface area contributed by atoms with Gasteiger partial charge in [-0.25, -0.2) is 4.79 Å². The summed E-state index contributed by atoms with van der Waals surface area (Å²) in [4.78, 5) is 38.7. The predicted octanol–water partition coefficient (Wildman–Crippen LogP) is 9.43. The Morgan fingerprint density at radius 1 is 0.920 bits per heavy atom. The number of carbonyl (C=O) groups excluding carboxylic acids is 3. The molecule has 1 N–H and O–H groups in total. The fourth-order valence-corrected chi connectivity index (χ4v) is 10.1. The number of esters is 2. The van der Waals surface area contributed by atoms with Crippen LogP contribution in [0.5, 0.6) is 0 Å². The topological polar surface area (TPSA) is 89.9 Å². The molecule has 268 valence electrons. The van der Waals surface area contributed by atoms with Crippen molar-refractivity contribution >= 4 is 23.8 Å². The first-order valence-corrected chi connectivity index (χ1v) is 17.6. The van der Waals surface area contributed by atoms with Crippen molar-refractivity contribution in [2.24, 2.45) is 33.0 Å². The normalized spacial score (nSPS) is 35.2. The van der Waals surface area contributed by atoms with Gasteiger partial charge in [0, 0.05) is 17.1 Å². The molecule has 0 saturated heterocycles. The lowest BCUT2D eigenvalue weighted by molar-refractivity contribution is -0.183. The zero-order valence-corrected chi connectivity index (χ0v) is 29.8. The Labute approximate surface area is 292 Å². The molecule has 9 heteroatoms. The zero-order chi connectivity index (χ0) is 36.5. The number of allylic oxidation sites excluding steroid dienone is 7. The van der Waals surface area contributed by atoms with Crippen molar-refractivity contribution in [3.05, 3.63) is 87.7 Å². The molecule has 0 aromatic heterocycles. The van der Waals surface area contributed by atoms with Gasteiger partial charge >= 0.3 is 18.1 Å². The van der Waals surface area contributed by atoms with Crippen molar-refractivity contribution in [1.29, 1.82) is 0 Å². The molecular weight excluding hydrogens is 645 g/mol. The molecule has 0 amide bonds. The summed E-state index contributed by atoms with van der Waals surface area (Å²) < 4.78 is 49.3. The zero-order valence-electron chi connectivity index (χ0n) is 29.8. The number of aliphatic hydroxyl groups excluding tert-OH is 1. The number of alkyl halides is 3. The van der Waals surface area contributed by atoms with E-state index in [4.69, 9.17) is 9.47 Å². The molecule has 3 fully saturated rings. The van der Waals surface area contributed by atoms with Crippen LogP contribution in [0.1, 0.15) is 97.6 Å². The van der Waals surface area contributed by atoms with Crippen LogP contribution in [0.4, 0.5) is 13.2 Å². The number of halogens is 3. The van der Waals surface area contributed by atoms with Crippen LogP contribution >= 0.6 is 0 Å². The van der Waals surface area contributed by atoms with Gasteiger partial charge in [-0.15, -0.1) is 0 Å². The molecular formula is C41H47F3O6. The highest BCUT2D eigenvalue weighted by molar-refractivity contribution is 6.06. The summed E-state index contributed by atoms with van der Waals surface area (Å²) in [5.41, 5.74) is 2.31. The molecule has 5 aliphatic carbocycles. The summed E-state index contributed by atoms with van der Waals surface area (Å²) in [7, 11) is 0. The molecule has 1 aromatic rings. The van der Waals surface area contributed by atoms with Crippen molar-refractivity contribution in [3.8, 4) is 0 Å². The quantitative estimate of drug-likeness (QED) is 0.182. The third kappa shape index (κ3) is 5.69. The fourth-order valence-electron chi connectivity index (χ4n) is 10.1. The molecule has 6 rings (SSSR count).